The Morgan fingerprint density at radius 3 is 2.71 bits per heavy atom. The van der Waals surface area contributed by atoms with E-state index in [0.717, 1.165) is 54.8 Å². The van der Waals surface area contributed by atoms with E-state index in [0.29, 0.717) is 35.5 Å². The highest BCUT2D eigenvalue weighted by atomic mass is 16.3. The van der Waals surface area contributed by atoms with Gasteiger partial charge in [0.15, 0.2) is 5.88 Å². The summed E-state index contributed by atoms with van der Waals surface area (Å²) in [6, 6.07) is 6.45. The van der Waals surface area contributed by atoms with E-state index in [9.17, 15) is 9.90 Å². The van der Waals surface area contributed by atoms with Gasteiger partial charge in [-0.25, -0.2) is 4.99 Å². The summed E-state index contributed by atoms with van der Waals surface area (Å²) < 4.78 is 2.04. The molecule has 5 rings (SSSR count). The Kier molecular flexibility index (Phi) is 6.65. The van der Waals surface area contributed by atoms with Crippen molar-refractivity contribution in [3.8, 4) is 5.88 Å². The van der Waals surface area contributed by atoms with E-state index in [1.165, 1.54) is 12.8 Å². The number of carbonyl (C=O) groups is 1. The third-order valence-corrected chi connectivity index (χ3v) is 7.37. The highest BCUT2D eigenvalue weighted by Gasteiger charge is 2.24. The Labute approximate surface area is 206 Å². The summed E-state index contributed by atoms with van der Waals surface area (Å²) in [6.07, 6.45) is 8.99. The minimum Gasteiger partial charge on any atom is -0.494 e. The van der Waals surface area contributed by atoms with Crippen LogP contribution in [0, 0.1) is 5.92 Å². The quantitative estimate of drug-likeness (QED) is 0.407. The van der Waals surface area contributed by atoms with Crippen LogP contribution < -0.4 is 5.32 Å². The van der Waals surface area contributed by atoms with Crippen molar-refractivity contribution in [2.24, 2.45) is 10.9 Å². The van der Waals surface area contributed by atoms with Gasteiger partial charge in [-0.15, -0.1) is 0 Å². The maximum Gasteiger partial charge on any atom is 0.251 e. The molecule has 35 heavy (non-hydrogen) atoms. The number of amides is 1. The number of rotatable bonds is 8. The fourth-order valence-corrected chi connectivity index (χ4v) is 4.99. The van der Waals surface area contributed by atoms with Gasteiger partial charge in [-0.3, -0.25) is 9.48 Å². The van der Waals surface area contributed by atoms with Crippen molar-refractivity contribution >= 4 is 28.2 Å². The molecular formula is C27H36N6O2. The van der Waals surface area contributed by atoms with Crippen LogP contribution in [0.1, 0.15) is 74.8 Å². The van der Waals surface area contributed by atoms with E-state index in [-0.39, 0.29) is 11.8 Å². The molecule has 2 aliphatic rings. The van der Waals surface area contributed by atoms with Gasteiger partial charge < -0.3 is 20.3 Å². The van der Waals surface area contributed by atoms with Crippen molar-refractivity contribution in [2.45, 2.75) is 65.0 Å². The van der Waals surface area contributed by atoms with Gasteiger partial charge in [0.05, 0.1) is 29.7 Å². The van der Waals surface area contributed by atoms with Crippen LogP contribution in [0.4, 0.5) is 5.69 Å². The van der Waals surface area contributed by atoms with Crippen LogP contribution in [-0.4, -0.2) is 62.1 Å². The lowest BCUT2D eigenvalue weighted by Crippen LogP contribution is -2.39. The van der Waals surface area contributed by atoms with Crippen LogP contribution >= 0.6 is 0 Å². The molecule has 1 aromatic carbocycles. The van der Waals surface area contributed by atoms with Gasteiger partial charge in [0.1, 0.15) is 5.69 Å². The number of fused-ring (bicyclic) bond motifs is 1. The summed E-state index contributed by atoms with van der Waals surface area (Å²) in [7, 11) is 0. The molecule has 0 bridgehead atoms. The van der Waals surface area contributed by atoms with E-state index < -0.39 is 0 Å². The predicted octanol–water partition coefficient (Wildman–Crippen LogP) is 4.79. The first kappa shape index (κ1) is 23.6. The molecule has 3 aromatic rings. The summed E-state index contributed by atoms with van der Waals surface area (Å²) >= 11 is 0. The number of carbonyl (C=O) groups excluding carboxylic acids is 1. The van der Waals surface area contributed by atoms with Crippen molar-refractivity contribution < 1.29 is 9.90 Å². The lowest BCUT2D eigenvalue weighted by Gasteiger charge is -2.34. The van der Waals surface area contributed by atoms with Gasteiger partial charge in [0.2, 0.25) is 0 Å². The first-order valence-corrected chi connectivity index (χ1v) is 12.9. The zero-order valence-electron chi connectivity index (χ0n) is 20.9. The predicted molar refractivity (Wildman–Crippen MR) is 139 cm³/mol. The van der Waals surface area contributed by atoms with Gasteiger partial charge in [-0.1, -0.05) is 6.92 Å². The molecule has 3 heterocycles. The summed E-state index contributed by atoms with van der Waals surface area (Å²) in [4.78, 5) is 23.1. The van der Waals surface area contributed by atoms with E-state index in [1.54, 1.807) is 12.3 Å². The largest absolute Gasteiger partial charge is 0.494 e. The Bertz CT molecular complexity index is 1230. The SMILES string of the molecule is CCC(=Nc1cnn(C2CCN(C(C)C)CC2)c1)c1c(O)[nH]c2ccc(C(=O)NCC3CC3)cc12. The van der Waals surface area contributed by atoms with Crippen LogP contribution in [0.3, 0.4) is 0 Å². The average Bonchev–Trinajstić information content (AvgIpc) is 3.48. The molecule has 1 aliphatic heterocycles. The summed E-state index contributed by atoms with van der Waals surface area (Å²) in [5, 5.41) is 19.2. The summed E-state index contributed by atoms with van der Waals surface area (Å²) in [5.74, 6) is 0.617. The number of hydrogen-bond acceptors (Lipinski definition) is 5. The molecule has 1 saturated heterocycles. The number of aromatic hydroxyl groups is 1. The maximum absolute atomic E-state index is 12.7. The molecule has 3 N–H and O–H groups in total. The Morgan fingerprint density at radius 2 is 2.03 bits per heavy atom. The standard InChI is InChI=1S/C27H36N6O2/c1-4-23(30-20-15-29-33(16-20)21-9-11-32(12-10-21)17(2)3)25-22-13-19(7-8-24(22)31-27(25)35)26(34)28-14-18-5-6-18/h7-8,13,15-18,21,31,35H,4-6,9-12,14H2,1-3H3,(H,28,34). The third-order valence-electron chi connectivity index (χ3n) is 7.37. The molecule has 0 radical (unpaired) electrons. The number of benzene rings is 1. The number of nitrogens with one attached hydrogen (secondary N) is 2. The van der Waals surface area contributed by atoms with E-state index in [4.69, 9.17) is 4.99 Å². The number of piperidine rings is 1. The topological polar surface area (TPSA) is 98.5 Å². The van der Waals surface area contributed by atoms with Crippen molar-refractivity contribution in [1.29, 1.82) is 0 Å². The molecule has 8 heteroatoms. The lowest BCUT2D eigenvalue weighted by molar-refractivity contribution is 0.0952. The number of nitrogens with zero attached hydrogens (tertiary/aromatic N) is 4. The second kappa shape index (κ2) is 9.85. The summed E-state index contributed by atoms with van der Waals surface area (Å²) in [6.45, 7) is 9.41. The fourth-order valence-electron chi connectivity index (χ4n) is 4.99. The van der Waals surface area contributed by atoms with Crippen LogP contribution in [0.15, 0.2) is 35.6 Å². The molecule has 2 aromatic heterocycles. The lowest BCUT2D eigenvalue weighted by atomic mass is 10.0. The molecule has 1 amide bonds. The molecule has 8 nitrogen and oxygen atoms in total. The number of H-pyrrole nitrogens is 1. The Balaban J connectivity index is 1.38. The van der Waals surface area contributed by atoms with Gasteiger partial charge >= 0.3 is 0 Å². The summed E-state index contributed by atoms with van der Waals surface area (Å²) in [5.41, 5.74) is 3.57. The number of likely N-dealkylation sites (tertiary alicyclic amines) is 1. The normalized spacial score (nSPS) is 18.0. The fraction of sp³-hybridized carbons (Fsp3) is 0.519. The molecule has 0 spiro atoms. The Hall–Kier alpha value is -3.13. The molecule has 186 valence electrons. The van der Waals surface area contributed by atoms with Crippen LogP contribution in [-0.2, 0) is 0 Å². The number of aromatic amines is 1. The number of aromatic nitrogens is 3. The number of aliphatic imine (C=N–C) groups is 1. The second-order valence-electron chi connectivity index (χ2n) is 10.2. The molecule has 0 unspecified atom stereocenters. The minimum absolute atomic E-state index is 0.0737. The van der Waals surface area contributed by atoms with Crippen LogP contribution in [0.5, 0.6) is 5.88 Å². The molecule has 1 aliphatic carbocycles. The van der Waals surface area contributed by atoms with E-state index in [1.807, 2.05) is 29.9 Å². The van der Waals surface area contributed by atoms with Crippen molar-refractivity contribution in [3.63, 3.8) is 0 Å². The minimum atomic E-state index is -0.0785. The molecule has 1 saturated carbocycles. The van der Waals surface area contributed by atoms with Gasteiger partial charge in [-0.2, -0.15) is 5.10 Å². The van der Waals surface area contributed by atoms with Crippen molar-refractivity contribution in [2.75, 3.05) is 19.6 Å². The van der Waals surface area contributed by atoms with E-state index >= 15 is 0 Å². The first-order valence-electron chi connectivity index (χ1n) is 12.9. The molecular weight excluding hydrogens is 440 g/mol. The van der Waals surface area contributed by atoms with Crippen LogP contribution in [0.2, 0.25) is 0 Å². The zero-order valence-corrected chi connectivity index (χ0v) is 20.9. The third kappa shape index (κ3) is 5.12. The maximum atomic E-state index is 12.7. The van der Waals surface area contributed by atoms with Gasteiger partial charge in [0, 0.05) is 42.1 Å². The molecule has 0 atom stereocenters. The zero-order chi connectivity index (χ0) is 24.5. The van der Waals surface area contributed by atoms with Gasteiger partial charge in [-0.05, 0) is 70.1 Å². The smallest absolute Gasteiger partial charge is 0.251 e. The first-order chi connectivity index (χ1) is 16.9. The molecule has 2 fully saturated rings. The van der Waals surface area contributed by atoms with Crippen molar-refractivity contribution in [1.82, 2.24) is 25.0 Å². The highest BCUT2D eigenvalue weighted by molar-refractivity contribution is 6.14. The Morgan fingerprint density at radius 1 is 1.26 bits per heavy atom. The van der Waals surface area contributed by atoms with Crippen LogP contribution in [0.25, 0.3) is 10.9 Å². The average molecular weight is 477 g/mol. The van der Waals surface area contributed by atoms with Gasteiger partial charge in [0.25, 0.3) is 5.91 Å². The monoisotopic (exact) mass is 476 g/mol. The second-order valence-corrected chi connectivity index (χ2v) is 10.2. The van der Waals surface area contributed by atoms with Crippen molar-refractivity contribution in [3.05, 3.63) is 41.7 Å². The highest BCUT2D eigenvalue weighted by Crippen LogP contribution is 2.32. The van der Waals surface area contributed by atoms with E-state index in [2.05, 4.69) is 34.1 Å². The number of hydrogen-bond donors (Lipinski definition) is 3.